The van der Waals surface area contributed by atoms with E-state index in [0.717, 1.165) is 43.6 Å². The maximum absolute atomic E-state index is 10.5. The Hall–Kier alpha value is -1.43. The molecule has 24 heavy (non-hydrogen) atoms. The normalized spacial score (nSPS) is 18.3. The van der Waals surface area contributed by atoms with Gasteiger partial charge in [0.25, 0.3) is 0 Å². The summed E-state index contributed by atoms with van der Waals surface area (Å²) in [4.78, 5) is 6.81. The van der Waals surface area contributed by atoms with E-state index in [1.54, 1.807) is 0 Å². The first-order chi connectivity index (χ1) is 11.6. The first kappa shape index (κ1) is 17.4. The van der Waals surface area contributed by atoms with Crippen LogP contribution in [0.2, 0.25) is 0 Å². The van der Waals surface area contributed by atoms with Crippen LogP contribution in [0.3, 0.4) is 0 Å². The molecule has 3 rings (SSSR count). The molecule has 1 aromatic carbocycles. The molecule has 132 valence electrons. The van der Waals surface area contributed by atoms with Crippen molar-refractivity contribution in [3.8, 4) is 0 Å². The summed E-state index contributed by atoms with van der Waals surface area (Å²) < 4.78 is 7.76. The van der Waals surface area contributed by atoms with Crippen molar-refractivity contribution in [2.75, 3.05) is 26.2 Å². The fraction of sp³-hybridized carbons (Fsp3) is 0.632. The number of benzene rings is 1. The zero-order chi connectivity index (χ0) is 17.1. The highest BCUT2D eigenvalue weighted by atomic mass is 16.5. The molecule has 1 atom stereocenters. The minimum atomic E-state index is -0.382. The van der Waals surface area contributed by atoms with Crippen LogP contribution in [0.5, 0.6) is 0 Å². The SMILES string of the molecule is CCOC1CCN(C[C@H](O)Cn2cnc3cc(C)c(C)cc32)CC1. The molecule has 1 N–H and O–H groups in total. The predicted octanol–water partition coefficient (Wildman–Crippen LogP) is 2.51. The molecule has 0 radical (unpaired) electrons. The van der Waals surface area contributed by atoms with Gasteiger partial charge in [-0.25, -0.2) is 4.98 Å². The second-order valence-corrected chi connectivity index (χ2v) is 6.93. The first-order valence-corrected chi connectivity index (χ1v) is 9.01. The van der Waals surface area contributed by atoms with Crippen molar-refractivity contribution in [3.63, 3.8) is 0 Å². The van der Waals surface area contributed by atoms with E-state index in [-0.39, 0.29) is 6.10 Å². The van der Waals surface area contributed by atoms with Crippen molar-refractivity contribution in [2.45, 2.75) is 52.4 Å². The van der Waals surface area contributed by atoms with Gasteiger partial charge in [-0.1, -0.05) is 0 Å². The molecule has 0 aliphatic carbocycles. The summed E-state index contributed by atoms with van der Waals surface area (Å²) in [6.07, 6.45) is 3.98. The Balaban J connectivity index is 1.58. The highest BCUT2D eigenvalue weighted by Crippen LogP contribution is 2.19. The number of hydrogen-bond donors (Lipinski definition) is 1. The van der Waals surface area contributed by atoms with Crippen LogP contribution < -0.4 is 0 Å². The second kappa shape index (κ2) is 7.64. The van der Waals surface area contributed by atoms with E-state index >= 15 is 0 Å². The van der Waals surface area contributed by atoms with Crippen LogP contribution in [-0.4, -0.2) is 58.0 Å². The maximum atomic E-state index is 10.5. The Kier molecular flexibility index (Phi) is 5.54. The summed E-state index contributed by atoms with van der Waals surface area (Å²) in [6.45, 7) is 10.4. The number of aliphatic hydroxyl groups excluding tert-OH is 1. The summed E-state index contributed by atoms with van der Waals surface area (Å²) >= 11 is 0. The van der Waals surface area contributed by atoms with Crippen LogP contribution in [-0.2, 0) is 11.3 Å². The molecule has 2 heterocycles. The number of β-amino-alcohol motifs (C(OH)–C–C–N with tert-alkyl or cyclic N) is 1. The highest BCUT2D eigenvalue weighted by molar-refractivity contribution is 5.77. The molecule has 5 heteroatoms. The van der Waals surface area contributed by atoms with Gasteiger partial charge < -0.3 is 19.3 Å². The van der Waals surface area contributed by atoms with E-state index in [4.69, 9.17) is 4.74 Å². The fourth-order valence-electron chi connectivity index (χ4n) is 3.54. The lowest BCUT2D eigenvalue weighted by atomic mass is 10.1. The van der Waals surface area contributed by atoms with E-state index < -0.39 is 0 Å². The zero-order valence-corrected chi connectivity index (χ0v) is 15.0. The third kappa shape index (κ3) is 3.97. The number of likely N-dealkylation sites (tertiary alicyclic amines) is 1. The first-order valence-electron chi connectivity index (χ1n) is 9.01. The van der Waals surface area contributed by atoms with E-state index in [1.807, 2.05) is 6.33 Å². The minimum absolute atomic E-state index is 0.382. The number of aliphatic hydroxyl groups is 1. The minimum Gasteiger partial charge on any atom is -0.390 e. The molecule has 0 amide bonds. The second-order valence-electron chi connectivity index (χ2n) is 6.93. The number of hydrogen-bond acceptors (Lipinski definition) is 4. The average Bonchev–Trinajstić information content (AvgIpc) is 2.92. The number of piperidine rings is 1. The molecule has 1 aliphatic rings. The zero-order valence-electron chi connectivity index (χ0n) is 15.0. The molecule has 1 aromatic heterocycles. The van der Waals surface area contributed by atoms with Gasteiger partial charge in [0.05, 0.1) is 36.1 Å². The number of ether oxygens (including phenoxy) is 1. The van der Waals surface area contributed by atoms with Gasteiger partial charge in [-0.2, -0.15) is 0 Å². The van der Waals surface area contributed by atoms with E-state index in [9.17, 15) is 5.11 Å². The average molecular weight is 331 g/mol. The fourth-order valence-corrected chi connectivity index (χ4v) is 3.54. The van der Waals surface area contributed by atoms with Crippen molar-refractivity contribution >= 4 is 11.0 Å². The van der Waals surface area contributed by atoms with Crippen molar-refractivity contribution in [1.82, 2.24) is 14.5 Å². The molecule has 5 nitrogen and oxygen atoms in total. The Morgan fingerprint density at radius 1 is 1.21 bits per heavy atom. The summed E-state index contributed by atoms with van der Waals surface area (Å²) in [5.74, 6) is 0. The van der Waals surface area contributed by atoms with Gasteiger partial charge in [-0.05, 0) is 56.9 Å². The molecular weight excluding hydrogens is 302 g/mol. The lowest BCUT2D eigenvalue weighted by Crippen LogP contribution is -2.42. The molecule has 1 aliphatic heterocycles. The largest absolute Gasteiger partial charge is 0.390 e. The van der Waals surface area contributed by atoms with Gasteiger partial charge in [0.2, 0.25) is 0 Å². The topological polar surface area (TPSA) is 50.5 Å². The quantitative estimate of drug-likeness (QED) is 0.884. The molecule has 0 saturated carbocycles. The summed E-state index contributed by atoms with van der Waals surface area (Å²) in [5.41, 5.74) is 4.62. The van der Waals surface area contributed by atoms with Crippen LogP contribution in [0.1, 0.15) is 30.9 Å². The van der Waals surface area contributed by atoms with E-state index in [2.05, 4.69) is 47.4 Å². The Morgan fingerprint density at radius 3 is 2.62 bits per heavy atom. The van der Waals surface area contributed by atoms with Gasteiger partial charge >= 0.3 is 0 Å². The van der Waals surface area contributed by atoms with Crippen LogP contribution in [0.25, 0.3) is 11.0 Å². The molecule has 0 unspecified atom stereocenters. The summed E-state index contributed by atoms with van der Waals surface area (Å²) in [5, 5.41) is 10.5. The van der Waals surface area contributed by atoms with Crippen LogP contribution >= 0.6 is 0 Å². The van der Waals surface area contributed by atoms with Gasteiger partial charge in [0, 0.05) is 26.2 Å². The third-order valence-electron chi connectivity index (χ3n) is 5.05. The molecule has 1 fully saturated rings. The standard InChI is InChI=1S/C19H29N3O2/c1-4-24-17-5-7-21(8-6-17)11-16(23)12-22-13-20-18-9-14(2)15(3)10-19(18)22/h9-10,13,16-17,23H,4-8,11-12H2,1-3H3/t16-/m0/s1. The Morgan fingerprint density at radius 2 is 1.92 bits per heavy atom. The molecular formula is C19H29N3O2. The monoisotopic (exact) mass is 331 g/mol. The Bertz CT molecular complexity index is 675. The predicted molar refractivity (Wildman–Crippen MR) is 96.3 cm³/mol. The number of aryl methyl sites for hydroxylation is 2. The van der Waals surface area contributed by atoms with Crippen molar-refractivity contribution in [1.29, 1.82) is 0 Å². The van der Waals surface area contributed by atoms with Crippen molar-refractivity contribution in [2.24, 2.45) is 0 Å². The molecule has 0 bridgehead atoms. The van der Waals surface area contributed by atoms with E-state index in [1.165, 1.54) is 11.1 Å². The van der Waals surface area contributed by atoms with Gasteiger partial charge in [0.1, 0.15) is 0 Å². The third-order valence-corrected chi connectivity index (χ3v) is 5.05. The highest BCUT2D eigenvalue weighted by Gasteiger charge is 2.21. The molecule has 0 spiro atoms. The van der Waals surface area contributed by atoms with Gasteiger partial charge in [0.15, 0.2) is 0 Å². The lowest BCUT2D eigenvalue weighted by molar-refractivity contribution is 0.00194. The Labute approximate surface area is 144 Å². The number of aromatic nitrogens is 2. The number of rotatable bonds is 6. The number of nitrogens with zero attached hydrogens (tertiary/aromatic N) is 3. The number of imidazole rings is 1. The number of fused-ring (bicyclic) bond motifs is 1. The van der Waals surface area contributed by atoms with Crippen molar-refractivity contribution in [3.05, 3.63) is 29.6 Å². The smallest absolute Gasteiger partial charge is 0.0959 e. The van der Waals surface area contributed by atoms with Crippen LogP contribution in [0, 0.1) is 13.8 Å². The molecule has 1 saturated heterocycles. The van der Waals surface area contributed by atoms with Gasteiger partial charge in [-0.15, -0.1) is 0 Å². The van der Waals surface area contributed by atoms with Gasteiger partial charge in [-0.3, -0.25) is 0 Å². The van der Waals surface area contributed by atoms with Crippen LogP contribution in [0.15, 0.2) is 18.5 Å². The molecule has 2 aromatic rings. The van der Waals surface area contributed by atoms with E-state index in [0.29, 0.717) is 19.2 Å². The van der Waals surface area contributed by atoms with Crippen molar-refractivity contribution < 1.29 is 9.84 Å². The summed E-state index contributed by atoms with van der Waals surface area (Å²) in [6, 6.07) is 4.28. The summed E-state index contributed by atoms with van der Waals surface area (Å²) in [7, 11) is 0. The van der Waals surface area contributed by atoms with Crippen LogP contribution in [0.4, 0.5) is 0 Å². The lowest BCUT2D eigenvalue weighted by Gasteiger charge is -2.33. The maximum Gasteiger partial charge on any atom is 0.0959 e.